The second-order valence-electron chi connectivity index (χ2n) is 4.81. The number of carbonyl (C=O) groups is 2. The summed E-state index contributed by atoms with van der Waals surface area (Å²) in [6, 6.07) is -0.431. The molecule has 1 aliphatic heterocycles. The third-order valence-corrected chi connectivity index (χ3v) is 3.67. The topological polar surface area (TPSA) is 66.5 Å². The lowest BCUT2D eigenvalue weighted by Gasteiger charge is -2.42. The van der Waals surface area contributed by atoms with Crippen molar-refractivity contribution < 1.29 is 13.8 Å². The number of amides is 2. The number of hydrogen-bond donors (Lipinski definition) is 1. The molecule has 1 aliphatic rings. The molecule has 1 N–H and O–H groups in total. The molecule has 0 aliphatic carbocycles. The minimum atomic E-state index is -0.961. The van der Waals surface area contributed by atoms with Gasteiger partial charge in [-0.2, -0.15) is 0 Å². The van der Waals surface area contributed by atoms with E-state index in [-0.39, 0.29) is 11.8 Å². The maximum Gasteiger partial charge on any atom is 0.248 e. The first kappa shape index (κ1) is 14.2. The third-order valence-electron chi connectivity index (χ3n) is 2.92. The van der Waals surface area contributed by atoms with Crippen LogP contribution in [-0.2, 0) is 20.4 Å². The minimum Gasteiger partial charge on any atom is -0.340 e. The molecule has 2 atom stereocenters. The van der Waals surface area contributed by atoms with E-state index in [9.17, 15) is 13.8 Å². The number of rotatable bonds is 4. The first-order valence-corrected chi connectivity index (χ1v) is 7.45. The van der Waals surface area contributed by atoms with Gasteiger partial charge in [-0.3, -0.25) is 13.8 Å². The summed E-state index contributed by atoms with van der Waals surface area (Å²) in [6.45, 7) is 5.62. The first-order chi connectivity index (χ1) is 7.79. The fourth-order valence-electron chi connectivity index (χ4n) is 1.98. The van der Waals surface area contributed by atoms with Gasteiger partial charge >= 0.3 is 0 Å². The van der Waals surface area contributed by atoms with Gasteiger partial charge in [-0.1, -0.05) is 6.92 Å². The van der Waals surface area contributed by atoms with Crippen molar-refractivity contribution in [1.82, 2.24) is 10.2 Å². The SMILES string of the molecule is CCC1C(=O)NC(C)(C)C(=O)N1CCS(C)=O. The zero-order chi connectivity index (χ0) is 13.2. The molecule has 98 valence electrons. The summed E-state index contributed by atoms with van der Waals surface area (Å²) in [5.74, 6) is 0.180. The van der Waals surface area contributed by atoms with Crippen LogP contribution in [0.1, 0.15) is 27.2 Å². The Balaban J connectivity index is 2.89. The monoisotopic (exact) mass is 260 g/mol. The van der Waals surface area contributed by atoms with E-state index in [0.29, 0.717) is 18.7 Å². The zero-order valence-electron chi connectivity index (χ0n) is 10.8. The fraction of sp³-hybridized carbons (Fsp3) is 0.818. The van der Waals surface area contributed by atoms with Gasteiger partial charge in [-0.15, -0.1) is 0 Å². The predicted molar refractivity (Wildman–Crippen MR) is 66.9 cm³/mol. The highest BCUT2D eigenvalue weighted by atomic mass is 32.2. The molecule has 17 heavy (non-hydrogen) atoms. The summed E-state index contributed by atoms with van der Waals surface area (Å²) in [5.41, 5.74) is -0.863. The summed E-state index contributed by atoms with van der Waals surface area (Å²) in [5, 5.41) is 2.72. The molecule has 1 fully saturated rings. The molecule has 1 saturated heterocycles. The molecule has 2 amide bonds. The van der Waals surface area contributed by atoms with Crippen LogP contribution in [0, 0.1) is 0 Å². The Morgan fingerprint density at radius 3 is 2.47 bits per heavy atom. The van der Waals surface area contributed by atoms with Crippen LogP contribution < -0.4 is 5.32 Å². The largest absolute Gasteiger partial charge is 0.340 e. The fourth-order valence-corrected chi connectivity index (χ4v) is 2.43. The van der Waals surface area contributed by atoms with Crippen molar-refractivity contribution in [1.29, 1.82) is 0 Å². The van der Waals surface area contributed by atoms with Crippen LogP contribution in [0.15, 0.2) is 0 Å². The summed E-state index contributed by atoms with van der Waals surface area (Å²) >= 11 is 0. The molecule has 0 spiro atoms. The Morgan fingerprint density at radius 2 is 2.00 bits per heavy atom. The molecule has 6 heteroatoms. The quantitative estimate of drug-likeness (QED) is 0.766. The molecule has 2 unspecified atom stereocenters. The van der Waals surface area contributed by atoms with Crippen molar-refractivity contribution in [2.24, 2.45) is 0 Å². The van der Waals surface area contributed by atoms with E-state index < -0.39 is 22.4 Å². The molecular formula is C11H20N2O3S. The van der Waals surface area contributed by atoms with Crippen molar-refractivity contribution in [3.63, 3.8) is 0 Å². The Hall–Kier alpha value is -0.910. The van der Waals surface area contributed by atoms with Gasteiger partial charge in [0.15, 0.2) is 0 Å². The Labute approximate surface area is 104 Å². The molecule has 5 nitrogen and oxygen atoms in total. The van der Waals surface area contributed by atoms with Crippen LogP contribution in [0.4, 0.5) is 0 Å². The average molecular weight is 260 g/mol. The maximum absolute atomic E-state index is 12.2. The maximum atomic E-state index is 12.2. The Kier molecular flexibility index (Phi) is 4.30. The van der Waals surface area contributed by atoms with E-state index in [4.69, 9.17) is 0 Å². The highest BCUT2D eigenvalue weighted by Crippen LogP contribution is 2.19. The lowest BCUT2D eigenvalue weighted by molar-refractivity contribution is -0.153. The summed E-state index contributed by atoms with van der Waals surface area (Å²) in [6.07, 6.45) is 2.17. The average Bonchev–Trinajstić information content (AvgIpc) is 2.20. The van der Waals surface area contributed by atoms with E-state index in [1.165, 1.54) is 0 Å². The number of nitrogens with zero attached hydrogens (tertiary/aromatic N) is 1. The molecule has 0 aromatic rings. The molecule has 0 aromatic carbocycles. The van der Waals surface area contributed by atoms with Crippen LogP contribution in [0.25, 0.3) is 0 Å². The lowest BCUT2D eigenvalue weighted by Crippen LogP contribution is -2.68. The highest BCUT2D eigenvalue weighted by Gasteiger charge is 2.44. The van der Waals surface area contributed by atoms with Crippen molar-refractivity contribution in [2.75, 3.05) is 18.6 Å². The second-order valence-corrected chi connectivity index (χ2v) is 6.37. The first-order valence-electron chi connectivity index (χ1n) is 5.72. The number of carbonyl (C=O) groups excluding carboxylic acids is 2. The Bertz CT molecular complexity index is 355. The molecule has 0 bridgehead atoms. The molecule has 0 saturated carbocycles. The van der Waals surface area contributed by atoms with Gasteiger partial charge in [0, 0.05) is 29.4 Å². The van der Waals surface area contributed by atoms with Crippen LogP contribution >= 0.6 is 0 Å². The van der Waals surface area contributed by atoms with Crippen LogP contribution in [-0.4, -0.2) is 51.1 Å². The number of piperazine rings is 1. The van der Waals surface area contributed by atoms with Gasteiger partial charge in [-0.05, 0) is 20.3 Å². The summed E-state index contributed by atoms with van der Waals surface area (Å²) in [4.78, 5) is 25.6. The lowest BCUT2D eigenvalue weighted by atomic mass is 9.96. The smallest absolute Gasteiger partial charge is 0.248 e. The van der Waals surface area contributed by atoms with Gasteiger partial charge < -0.3 is 10.2 Å². The van der Waals surface area contributed by atoms with E-state index in [0.717, 1.165) is 0 Å². The van der Waals surface area contributed by atoms with Gasteiger partial charge in [0.2, 0.25) is 11.8 Å². The van der Waals surface area contributed by atoms with E-state index in [1.807, 2.05) is 6.92 Å². The Morgan fingerprint density at radius 1 is 1.41 bits per heavy atom. The van der Waals surface area contributed by atoms with Crippen molar-refractivity contribution in [2.45, 2.75) is 38.8 Å². The van der Waals surface area contributed by atoms with E-state index >= 15 is 0 Å². The number of hydrogen-bond acceptors (Lipinski definition) is 3. The second kappa shape index (κ2) is 5.16. The third kappa shape index (κ3) is 3.06. The molecule has 0 aromatic heterocycles. The molecule has 1 rings (SSSR count). The van der Waals surface area contributed by atoms with Gasteiger partial charge in [0.05, 0.1) is 0 Å². The van der Waals surface area contributed by atoms with Crippen LogP contribution in [0.5, 0.6) is 0 Å². The molecular weight excluding hydrogens is 240 g/mol. The normalized spacial score (nSPS) is 25.6. The van der Waals surface area contributed by atoms with Crippen molar-refractivity contribution in [3.8, 4) is 0 Å². The van der Waals surface area contributed by atoms with E-state index in [1.54, 1.807) is 25.0 Å². The number of nitrogens with one attached hydrogen (secondary N) is 1. The van der Waals surface area contributed by atoms with Crippen LogP contribution in [0.3, 0.4) is 0 Å². The standard InChI is InChI=1S/C11H20N2O3S/c1-5-8-9(14)12-11(2,3)10(15)13(8)6-7-17(4)16/h8H,5-7H2,1-4H3,(H,12,14). The molecule has 1 heterocycles. The van der Waals surface area contributed by atoms with Crippen molar-refractivity contribution in [3.05, 3.63) is 0 Å². The van der Waals surface area contributed by atoms with Crippen molar-refractivity contribution >= 4 is 22.6 Å². The predicted octanol–water partition coefficient (Wildman–Crippen LogP) is -0.119. The summed E-state index contributed by atoms with van der Waals surface area (Å²) in [7, 11) is -0.961. The summed E-state index contributed by atoms with van der Waals surface area (Å²) < 4.78 is 11.1. The zero-order valence-corrected chi connectivity index (χ0v) is 11.6. The minimum absolute atomic E-state index is 0.102. The van der Waals surface area contributed by atoms with E-state index in [2.05, 4.69) is 5.32 Å². The highest BCUT2D eigenvalue weighted by molar-refractivity contribution is 7.84. The van der Waals surface area contributed by atoms with Gasteiger partial charge in [0.1, 0.15) is 11.6 Å². The molecule has 0 radical (unpaired) electrons. The van der Waals surface area contributed by atoms with Gasteiger partial charge in [0.25, 0.3) is 0 Å². The van der Waals surface area contributed by atoms with Gasteiger partial charge in [-0.25, -0.2) is 0 Å². The van der Waals surface area contributed by atoms with Crippen LogP contribution in [0.2, 0.25) is 0 Å².